The molecule has 1 aromatic carbocycles. The van der Waals surface area contributed by atoms with Gasteiger partial charge in [0, 0.05) is 25.6 Å². The summed E-state index contributed by atoms with van der Waals surface area (Å²) in [5.41, 5.74) is 1.08. The summed E-state index contributed by atoms with van der Waals surface area (Å²) in [5, 5.41) is 12.3. The quantitative estimate of drug-likeness (QED) is 0.874. The lowest BCUT2D eigenvalue weighted by molar-refractivity contribution is -0.141. The van der Waals surface area contributed by atoms with Gasteiger partial charge in [0.15, 0.2) is 0 Å². The van der Waals surface area contributed by atoms with E-state index in [2.05, 4.69) is 5.32 Å². The molecule has 1 spiro atoms. The fraction of sp³-hybridized carbons (Fsp3) is 0.611. The van der Waals surface area contributed by atoms with Crippen LogP contribution >= 0.6 is 0 Å². The Morgan fingerprint density at radius 3 is 2.78 bits per heavy atom. The van der Waals surface area contributed by atoms with Gasteiger partial charge in [-0.25, -0.2) is 4.79 Å². The van der Waals surface area contributed by atoms with Crippen LogP contribution < -0.4 is 5.32 Å². The van der Waals surface area contributed by atoms with Crippen LogP contribution in [0.2, 0.25) is 0 Å². The Labute approximate surface area is 137 Å². The van der Waals surface area contributed by atoms with Gasteiger partial charge in [-0.2, -0.15) is 0 Å². The minimum atomic E-state index is -0.0699. The van der Waals surface area contributed by atoms with Crippen LogP contribution in [0.5, 0.6) is 0 Å². The number of hydrogen-bond donors (Lipinski definition) is 2. The Hall–Kier alpha value is -1.59. The molecule has 2 fully saturated rings. The van der Waals surface area contributed by atoms with Crippen LogP contribution in [-0.4, -0.2) is 54.5 Å². The molecule has 2 aliphatic rings. The van der Waals surface area contributed by atoms with Crippen molar-refractivity contribution in [3.05, 3.63) is 35.9 Å². The number of aliphatic hydroxyl groups is 1. The van der Waals surface area contributed by atoms with Crippen molar-refractivity contribution in [3.63, 3.8) is 0 Å². The van der Waals surface area contributed by atoms with E-state index >= 15 is 0 Å². The summed E-state index contributed by atoms with van der Waals surface area (Å²) in [5.74, 6) is 0.142. The molecule has 0 aromatic heterocycles. The van der Waals surface area contributed by atoms with Crippen LogP contribution in [0.4, 0.5) is 4.79 Å². The highest BCUT2D eigenvalue weighted by Gasteiger charge is 2.43. The highest BCUT2D eigenvalue weighted by atomic mass is 16.5. The summed E-state index contributed by atoms with van der Waals surface area (Å²) in [7, 11) is 0. The van der Waals surface area contributed by atoms with E-state index in [1.807, 2.05) is 35.2 Å². The van der Waals surface area contributed by atoms with Gasteiger partial charge in [0.05, 0.1) is 18.8 Å². The van der Waals surface area contributed by atoms with Crippen molar-refractivity contribution in [1.82, 2.24) is 10.2 Å². The molecule has 1 heterocycles. The molecule has 2 N–H and O–H groups in total. The van der Waals surface area contributed by atoms with Crippen molar-refractivity contribution >= 4 is 6.03 Å². The van der Waals surface area contributed by atoms with Gasteiger partial charge in [-0.05, 0) is 31.2 Å². The Balaban J connectivity index is 1.54. The van der Waals surface area contributed by atoms with Crippen molar-refractivity contribution in [2.45, 2.75) is 37.2 Å². The van der Waals surface area contributed by atoms with Gasteiger partial charge in [-0.1, -0.05) is 30.3 Å². The van der Waals surface area contributed by atoms with E-state index in [1.165, 1.54) is 6.42 Å². The zero-order valence-corrected chi connectivity index (χ0v) is 13.5. The van der Waals surface area contributed by atoms with E-state index in [-0.39, 0.29) is 24.2 Å². The van der Waals surface area contributed by atoms with Crippen molar-refractivity contribution < 1.29 is 14.6 Å². The fourth-order valence-corrected chi connectivity index (χ4v) is 3.48. The van der Waals surface area contributed by atoms with Gasteiger partial charge in [0.2, 0.25) is 0 Å². The highest BCUT2D eigenvalue weighted by molar-refractivity contribution is 5.74. The van der Waals surface area contributed by atoms with Crippen LogP contribution in [-0.2, 0) is 4.74 Å². The molecule has 2 amide bonds. The molecule has 1 saturated carbocycles. The molecule has 0 radical (unpaired) electrons. The van der Waals surface area contributed by atoms with Gasteiger partial charge >= 0.3 is 6.03 Å². The van der Waals surface area contributed by atoms with Crippen molar-refractivity contribution in [3.8, 4) is 0 Å². The molecule has 126 valence electrons. The molecule has 1 atom stereocenters. The van der Waals surface area contributed by atoms with Gasteiger partial charge in [-0.15, -0.1) is 0 Å². The lowest BCUT2D eigenvalue weighted by atomic mass is 9.79. The third kappa shape index (κ3) is 3.85. The molecule has 5 nitrogen and oxygen atoms in total. The second kappa shape index (κ2) is 7.32. The van der Waals surface area contributed by atoms with E-state index in [4.69, 9.17) is 4.74 Å². The Bertz CT molecular complexity index is 516. The Morgan fingerprint density at radius 1 is 1.35 bits per heavy atom. The number of carbonyl (C=O) groups excluding carboxylic acids is 1. The van der Waals surface area contributed by atoms with Crippen LogP contribution in [0.15, 0.2) is 30.3 Å². The normalized spacial score (nSPS) is 20.8. The summed E-state index contributed by atoms with van der Waals surface area (Å²) in [6, 6.07) is 10.0. The second-order valence-electron chi connectivity index (χ2n) is 6.61. The van der Waals surface area contributed by atoms with E-state index in [0.29, 0.717) is 32.7 Å². The maximum absolute atomic E-state index is 12.5. The average molecular weight is 318 g/mol. The SMILES string of the molecule is O=C(NCC(CCO)c1ccccc1)N1CCOC2(CCC2)C1. The first-order valence-corrected chi connectivity index (χ1v) is 8.55. The number of urea groups is 1. The van der Waals surface area contributed by atoms with Crippen molar-refractivity contribution in [2.24, 2.45) is 0 Å². The molecular formula is C18H26N2O3. The number of amides is 2. The lowest BCUT2D eigenvalue weighted by Gasteiger charge is -2.48. The zero-order valence-electron chi connectivity index (χ0n) is 13.5. The third-order valence-electron chi connectivity index (χ3n) is 5.05. The minimum Gasteiger partial charge on any atom is -0.396 e. The molecular weight excluding hydrogens is 292 g/mol. The molecule has 5 heteroatoms. The number of benzene rings is 1. The zero-order chi connectivity index (χ0) is 16.1. The summed E-state index contributed by atoms with van der Waals surface area (Å²) < 4.78 is 5.86. The molecule has 0 bridgehead atoms. The molecule has 3 rings (SSSR count). The molecule has 1 aromatic rings. The predicted octanol–water partition coefficient (Wildman–Crippen LogP) is 2.12. The number of nitrogens with zero attached hydrogens (tertiary/aromatic N) is 1. The number of rotatable bonds is 5. The summed E-state index contributed by atoms with van der Waals surface area (Å²) in [4.78, 5) is 14.3. The summed E-state index contributed by atoms with van der Waals surface area (Å²) >= 11 is 0. The van der Waals surface area contributed by atoms with Gasteiger partial charge in [-0.3, -0.25) is 0 Å². The first-order chi connectivity index (χ1) is 11.2. The lowest BCUT2D eigenvalue weighted by Crippen LogP contribution is -2.58. The highest BCUT2D eigenvalue weighted by Crippen LogP contribution is 2.38. The number of hydrogen-bond acceptors (Lipinski definition) is 3. The number of morpholine rings is 1. The first-order valence-electron chi connectivity index (χ1n) is 8.55. The molecule has 23 heavy (non-hydrogen) atoms. The maximum Gasteiger partial charge on any atom is 0.317 e. The van der Waals surface area contributed by atoms with Gasteiger partial charge in [0.25, 0.3) is 0 Å². The van der Waals surface area contributed by atoms with Crippen molar-refractivity contribution in [1.29, 1.82) is 0 Å². The second-order valence-corrected chi connectivity index (χ2v) is 6.61. The number of nitrogens with one attached hydrogen (secondary N) is 1. The number of aliphatic hydroxyl groups excluding tert-OH is 1. The first kappa shape index (κ1) is 16.3. The maximum atomic E-state index is 12.5. The standard InChI is InChI=1S/C18H26N2O3/c21-11-7-16(15-5-2-1-3-6-15)13-19-17(22)20-10-12-23-18(14-20)8-4-9-18/h1-3,5-6,16,21H,4,7-14H2,(H,19,22). The minimum absolute atomic E-state index is 0.0153. The van der Waals surface area contributed by atoms with Crippen LogP contribution in [0, 0.1) is 0 Å². The van der Waals surface area contributed by atoms with E-state index < -0.39 is 0 Å². The topological polar surface area (TPSA) is 61.8 Å². The van der Waals surface area contributed by atoms with Crippen molar-refractivity contribution in [2.75, 3.05) is 32.8 Å². The Morgan fingerprint density at radius 2 is 2.13 bits per heavy atom. The molecule has 1 aliphatic heterocycles. The number of carbonyl (C=O) groups is 1. The van der Waals surface area contributed by atoms with E-state index in [0.717, 1.165) is 18.4 Å². The van der Waals surface area contributed by atoms with E-state index in [1.54, 1.807) is 0 Å². The predicted molar refractivity (Wildman–Crippen MR) is 88.4 cm³/mol. The molecule has 1 aliphatic carbocycles. The van der Waals surface area contributed by atoms with E-state index in [9.17, 15) is 9.90 Å². The largest absolute Gasteiger partial charge is 0.396 e. The van der Waals surface area contributed by atoms with Crippen LogP contribution in [0.25, 0.3) is 0 Å². The number of ether oxygens (including phenoxy) is 1. The monoisotopic (exact) mass is 318 g/mol. The summed E-state index contributed by atoms with van der Waals surface area (Å²) in [6.45, 7) is 2.66. The average Bonchev–Trinajstić information content (AvgIpc) is 2.58. The summed E-state index contributed by atoms with van der Waals surface area (Å²) in [6.07, 6.45) is 3.97. The molecule has 1 unspecified atom stereocenters. The van der Waals surface area contributed by atoms with Gasteiger partial charge < -0.3 is 20.1 Å². The van der Waals surface area contributed by atoms with Crippen LogP contribution in [0.3, 0.4) is 0 Å². The van der Waals surface area contributed by atoms with Crippen LogP contribution in [0.1, 0.15) is 37.2 Å². The molecule has 1 saturated heterocycles. The Kier molecular flexibility index (Phi) is 5.18. The third-order valence-corrected chi connectivity index (χ3v) is 5.05. The smallest absolute Gasteiger partial charge is 0.317 e. The fourth-order valence-electron chi connectivity index (χ4n) is 3.48. The van der Waals surface area contributed by atoms with Gasteiger partial charge in [0.1, 0.15) is 0 Å².